The van der Waals surface area contributed by atoms with Crippen LogP contribution in [0.25, 0.3) is 0 Å². The highest BCUT2D eigenvalue weighted by Crippen LogP contribution is 2.35. The molecule has 4 nitrogen and oxygen atoms in total. The van der Waals surface area contributed by atoms with E-state index in [1.807, 2.05) is 24.3 Å². The Kier molecular flexibility index (Phi) is 5.33. The summed E-state index contributed by atoms with van der Waals surface area (Å²) in [7, 11) is 3.25. The third kappa shape index (κ3) is 3.52. The molecule has 0 saturated carbocycles. The molecule has 2 aromatic rings. The molecule has 1 saturated heterocycles. The Balaban J connectivity index is 2.03. The lowest BCUT2D eigenvalue weighted by atomic mass is 9.96. The van der Waals surface area contributed by atoms with Crippen LogP contribution < -0.4 is 14.8 Å². The van der Waals surface area contributed by atoms with Crippen LogP contribution in [0.4, 0.5) is 4.39 Å². The third-order valence-corrected chi connectivity index (χ3v) is 4.40. The van der Waals surface area contributed by atoms with Crippen molar-refractivity contribution >= 4 is 0 Å². The zero-order chi connectivity index (χ0) is 16.9. The standard InChI is InChI=1S/C19H23FN2O2/c1-23-17-7-6-15(13-18(17)24-2)19(22-10-8-21-9-11-22)14-4-3-5-16(20)12-14/h3-7,12-13,19,21H,8-11H2,1-2H3. The number of nitrogens with zero attached hydrogens (tertiary/aromatic N) is 1. The summed E-state index contributed by atoms with van der Waals surface area (Å²) in [6.07, 6.45) is 0. The molecule has 0 aliphatic carbocycles. The van der Waals surface area contributed by atoms with E-state index in [0.29, 0.717) is 11.5 Å². The fourth-order valence-corrected chi connectivity index (χ4v) is 3.25. The molecule has 1 atom stereocenters. The number of hydrogen-bond donors (Lipinski definition) is 1. The van der Waals surface area contributed by atoms with E-state index in [9.17, 15) is 4.39 Å². The first-order chi connectivity index (χ1) is 11.7. The molecule has 0 amide bonds. The highest BCUT2D eigenvalue weighted by Gasteiger charge is 2.25. The van der Waals surface area contributed by atoms with Crippen LogP contribution in [0.5, 0.6) is 11.5 Å². The lowest BCUT2D eigenvalue weighted by Gasteiger charge is -2.35. The smallest absolute Gasteiger partial charge is 0.161 e. The SMILES string of the molecule is COc1ccc(C(c2cccc(F)c2)N2CCNCC2)cc1OC. The highest BCUT2D eigenvalue weighted by atomic mass is 19.1. The molecule has 0 radical (unpaired) electrons. The van der Waals surface area contributed by atoms with E-state index in [4.69, 9.17) is 9.47 Å². The number of ether oxygens (including phenoxy) is 2. The van der Waals surface area contributed by atoms with Crippen LogP contribution in [0.1, 0.15) is 17.2 Å². The predicted molar refractivity (Wildman–Crippen MR) is 92.2 cm³/mol. The van der Waals surface area contributed by atoms with Crippen molar-refractivity contribution in [2.75, 3.05) is 40.4 Å². The maximum Gasteiger partial charge on any atom is 0.161 e. The van der Waals surface area contributed by atoms with Crippen LogP contribution in [0, 0.1) is 5.82 Å². The van der Waals surface area contributed by atoms with Gasteiger partial charge in [-0.2, -0.15) is 0 Å². The third-order valence-electron chi connectivity index (χ3n) is 4.40. The first kappa shape index (κ1) is 16.7. The first-order valence-electron chi connectivity index (χ1n) is 8.15. The van der Waals surface area contributed by atoms with Gasteiger partial charge in [0, 0.05) is 26.2 Å². The van der Waals surface area contributed by atoms with Gasteiger partial charge >= 0.3 is 0 Å². The zero-order valence-electron chi connectivity index (χ0n) is 14.1. The number of piperazine rings is 1. The van der Waals surface area contributed by atoms with Crippen molar-refractivity contribution in [3.8, 4) is 11.5 Å². The Morgan fingerprint density at radius 2 is 1.67 bits per heavy atom. The topological polar surface area (TPSA) is 33.7 Å². The molecule has 1 fully saturated rings. The number of methoxy groups -OCH3 is 2. The van der Waals surface area contributed by atoms with Crippen molar-refractivity contribution in [2.24, 2.45) is 0 Å². The largest absolute Gasteiger partial charge is 0.493 e. The van der Waals surface area contributed by atoms with Gasteiger partial charge in [-0.05, 0) is 35.4 Å². The second kappa shape index (κ2) is 7.64. The Morgan fingerprint density at radius 1 is 0.958 bits per heavy atom. The second-order valence-electron chi connectivity index (χ2n) is 5.86. The first-order valence-corrected chi connectivity index (χ1v) is 8.15. The second-order valence-corrected chi connectivity index (χ2v) is 5.86. The van der Waals surface area contributed by atoms with E-state index in [2.05, 4.69) is 10.2 Å². The fraction of sp³-hybridized carbons (Fsp3) is 0.368. The van der Waals surface area contributed by atoms with Crippen LogP contribution in [-0.2, 0) is 0 Å². The molecular weight excluding hydrogens is 307 g/mol. The highest BCUT2D eigenvalue weighted by molar-refractivity contribution is 5.46. The number of hydrogen-bond acceptors (Lipinski definition) is 4. The molecule has 3 rings (SSSR count). The van der Waals surface area contributed by atoms with Crippen LogP contribution in [0.15, 0.2) is 42.5 Å². The van der Waals surface area contributed by atoms with Gasteiger partial charge in [0.1, 0.15) is 5.82 Å². The minimum atomic E-state index is -0.215. The molecule has 5 heteroatoms. The zero-order valence-corrected chi connectivity index (χ0v) is 14.1. The molecule has 1 N–H and O–H groups in total. The Labute approximate surface area is 142 Å². The van der Waals surface area contributed by atoms with E-state index < -0.39 is 0 Å². The number of nitrogens with one attached hydrogen (secondary N) is 1. The van der Waals surface area contributed by atoms with E-state index >= 15 is 0 Å². The average Bonchev–Trinajstić information content (AvgIpc) is 2.63. The van der Waals surface area contributed by atoms with Crippen molar-refractivity contribution in [2.45, 2.75) is 6.04 Å². The average molecular weight is 330 g/mol. The van der Waals surface area contributed by atoms with Gasteiger partial charge in [-0.25, -0.2) is 4.39 Å². The molecule has 0 bridgehead atoms. The summed E-state index contributed by atoms with van der Waals surface area (Å²) < 4.78 is 24.6. The molecule has 128 valence electrons. The van der Waals surface area contributed by atoms with Crippen LogP contribution in [0.3, 0.4) is 0 Å². The van der Waals surface area contributed by atoms with Gasteiger partial charge in [-0.1, -0.05) is 18.2 Å². The van der Waals surface area contributed by atoms with E-state index in [1.165, 1.54) is 6.07 Å². The molecule has 0 aromatic heterocycles. The summed E-state index contributed by atoms with van der Waals surface area (Å²) in [5.74, 6) is 1.17. The monoisotopic (exact) mass is 330 g/mol. The Morgan fingerprint density at radius 3 is 2.33 bits per heavy atom. The lowest BCUT2D eigenvalue weighted by molar-refractivity contribution is 0.198. The van der Waals surface area contributed by atoms with Gasteiger partial charge in [0.15, 0.2) is 11.5 Å². The molecular formula is C19H23FN2O2. The summed E-state index contributed by atoms with van der Waals surface area (Å²) in [5.41, 5.74) is 2.02. The van der Waals surface area contributed by atoms with Gasteiger partial charge in [-0.3, -0.25) is 4.90 Å². The fourth-order valence-electron chi connectivity index (χ4n) is 3.25. The van der Waals surface area contributed by atoms with Gasteiger partial charge in [0.2, 0.25) is 0 Å². The Hall–Kier alpha value is -2.11. The number of benzene rings is 2. The van der Waals surface area contributed by atoms with Crippen LogP contribution >= 0.6 is 0 Å². The van der Waals surface area contributed by atoms with Gasteiger partial charge in [0.25, 0.3) is 0 Å². The maximum atomic E-state index is 13.8. The van der Waals surface area contributed by atoms with Crippen molar-refractivity contribution < 1.29 is 13.9 Å². The lowest BCUT2D eigenvalue weighted by Crippen LogP contribution is -2.45. The summed E-state index contributed by atoms with van der Waals surface area (Å²) in [4.78, 5) is 2.37. The summed E-state index contributed by atoms with van der Waals surface area (Å²) in [6.45, 7) is 3.68. The molecule has 1 unspecified atom stereocenters. The molecule has 24 heavy (non-hydrogen) atoms. The summed E-state index contributed by atoms with van der Waals surface area (Å²) in [6, 6.07) is 12.7. The van der Waals surface area contributed by atoms with Crippen LogP contribution in [0.2, 0.25) is 0 Å². The minimum Gasteiger partial charge on any atom is -0.493 e. The van der Waals surface area contributed by atoms with E-state index in [1.54, 1.807) is 26.4 Å². The quantitative estimate of drug-likeness (QED) is 0.914. The van der Waals surface area contributed by atoms with Crippen molar-refractivity contribution in [1.29, 1.82) is 0 Å². The summed E-state index contributed by atoms with van der Waals surface area (Å²) >= 11 is 0. The molecule has 1 aliphatic heterocycles. The molecule has 1 aliphatic rings. The molecule has 1 heterocycles. The van der Waals surface area contributed by atoms with E-state index in [0.717, 1.165) is 37.3 Å². The normalized spacial score (nSPS) is 16.6. The molecule has 0 spiro atoms. The van der Waals surface area contributed by atoms with Crippen molar-refractivity contribution in [3.05, 3.63) is 59.4 Å². The number of rotatable bonds is 5. The minimum absolute atomic E-state index is 0.0115. The van der Waals surface area contributed by atoms with Gasteiger partial charge in [-0.15, -0.1) is 0 Å². The number of halogens is 1. The van der Waals surface area contributed by atoms with Crippen LogP contribution in [-0.4, -0.2) is 45.3 Å². The maximum absolute atomic E-state index is 13.8. The van der Waals surface area contributed by atoms with Gasteiger partial charge < -0.3 is 14.8 Å². The van der Waals surface area contributed by atoms with Crippen molar-refractivity contribution in [1.82, 2.24) is 10.2 Å². The van der Waals surface area contributed by atoms with Gasteiger partial charge in [0.05, 0.1) is 20.3 Å². The summed E-state index contributed by atoms with van der Waals surface area (Å²) in [5, 5.41) is 3.36. The van der Waals surface area contributed by atoms with E-state index in [-0.39, 0.29) is 11.9 Å². The molecule has 2 aromatic carbocycles. The predicted octanol–water partition coefficient (Wildman–Crippen LogP) is 2.84. The Bertz CT molecular complexity index is 687. The van der Waals surface area contributed by atoms with Crippen molar-refractivity contribution in [3.63, 3.8) is 0 Å².